The molecule has 0 saturated heterocycles. The molecule has 1 fully saturated rings. The summed E-state index contributed by atoms with van der Waals surface area (Å²) in [7, 11) is 2.17. The molecule has 1 aliphatic heterocycles. The SMILES string of the molecule is Cc1c2c(c(C)c3ccc(CC(C)(C)C)cc13)-c1c3c(cc(C4CCCCC4)cc3cc[n+]1C)O2. The van der Waals surface area contributed by atoms with Gasteiger partial charge in [-0.3, -0.25) is 0 Å². The van der Waals surface area contributed by atoms with Gasteiger partial charge in [0.15, 0.2) is 6.20 Å². The quantitative estimate of drug-likeness (QED) is 0.238. The number of fused-ring (bicyclic) bond motifs is 3. The molecule has 4 aromatic rings. The molecule has 180 valence electrons. The van der Waals surface area contributed by atoms with E-state index in [1.54, 1.807) is 0 Å². The summed E-state index contributed by atoms with van der Waals surface area (Å²) in [6.45, 7) is 11.5. The van der Waals surface area contributed by atoms with E-state index in [9.17, 15) is 0 Å². The highest BCUT2D eigenvalue weighted by Crippen LogP contribution is 2.51. The lowest BCUT2D eigenvalue weighted by Crippen LogP contribution is -2.32. The monoisotopic (exact) mass is 464 g/mol. The molecule has 3 aromatic carbocycles. The summed E-state index contributed by atoms with van der Waals surface area (Å²) < 4.78 is 9.17. The summed E-state index contributed by atoms with van der Waals surface area (Å²) in [6.07, 6.45) is 9.97. The van der Waals surface area contributed by atoms with Gasteiger partial charge in [-0.05, 0) is 83.4 Å². The fraction of sp³-hybridized carbons (Fsp3) is 0.424. The molecule has 6 rings (SSSR count). The highest BCUT2D eigenvalue weighted by Gasteiger charge is 2.33. The van der Waals surface area contributed by atoms with Crippen LogP contribution in [-0.4, -0.2) is 0 Å². The van der Waals surface area contributed by atoms with Crippen LogP contribution in [0.5, 0.6) is 11.5 Å². The van der Waals surface area contributed by atoms with Gasteiger partial charge in [0.2, 0.25) is 5.69 Å². The Balaban J connectivity index is 1.59. The van der Waals surface area contributed by atoms with Crippen molar-refractivity contribution in [3.63, 3.8) is 0 Å². The first kappa shape index (κ1) is 22.6. The first-order chi connectivity index (χ1) is 16.7. The fourth-order valence-electron chi connectivity index (χ4n) is 6.63. The van der Waals surface area contributed by atoms with Crippen LogP contribution < -0.4 is 9.30 Å². The van der Waals surface area contributed by atoms with Crippen molar-refractivity contribution >= 4 is 21.5 Å². The van der Waals surface area contributed by atoms with Gasteiger partial charge >= 0.3 is 0 Å². The lowest BCUT2D eigenvalue weighted by molar-refractivity contribution is -0.659. The minimum atomic E-state index is 0.263. The molecule has 0 unspecified atom stereocenters. The molecule has 0 amide bonds. The summed E-state index contributed by atoms with van der Waals surface area (Å²) >= 11 is 0. The number of hydrogen-bond acceptors (Lipinski definition) is 1. The molecular weight excluding hydrogens is 426 g/mol. The van der Waals surface area contributed by atoms with E-state index in [0.29, 0.717) is 5.92 Å². The Kier molecular flexibility index (Phi) is 5.22. The van der Waals surface area contributed by atoms with Gasteiger partial charge in [-0.25, -0.2) is 4.57 Å². The van der Waals surface area contributed by atoms with E-state index in [0.717, 1.165) is 17.9 Å². The molecule has 0 N–H and O–H groups in total. The van der Waals surface area contributed by atoms with Crippen molar-refractivity contribution in [2.45, 2.75) is 79.1 Å². The van der Waals surface area contributed by atoms with Crippen molar-refractivity contribution in [3.8, 4) is 22.8 Å². The zero-order valence-electron chi connectivity index (χ0n) is 22.2. The Bertz CT molecular complexity index is 1480. The first-order valence-electron chi connectivity index (χ1n) is 13.4. The lowest BCUT2D eigenvalue weighted by Gasteiger charge is -2.27. The molecule has 2 heteroatoms. The van der Waals surface area contributed by atoms with E-state index in [1.807, 2.05) is 0 Å². The van der Waals surface area contributed by atoms with Crippen LogP contribution in [0.25, 0.3) is 32.8 Å². The van der Waals surface area contributed by atoms with E-state index in [4.69, 9.17) is 4.74 Å². The van der Waals surface area contributed by atoms with Gasteiger partial charge < -0.3 is 4.74 Å². The molecule has 35 heavy (non-hydrogen) atoms. The molecule has 2 aliphatic rings. The van der Waals surface area contributed by atoms with Crippen LogP contribution in [0.2, 0.25) is 0 Å². The second-order valence-electron chi connectivity index (χ2n) is 12.3. The minimum absolute atomic E-state index is 0.263. The molecule has 1 saturated carbocycles. The van der Waals surface area contributed by atoms with Crippen molar-refractivity contribution in [1.29, 1.82) is 0 Å². The molecule has 0 spiro atoms. The first-order valence-corrected chi connectivity index (χ1v) is 13.4. The summed E-state index contributed by atoms with van der Waals surface area (Å²) in [5.74, 6) is 2.74. The molecule has 2 heterocycles. The number of aryl methyl sites for hydroxylation is 3. The molecule has 1 aliphatic carbocycles. The van der Waals surface area contributed by atoms with Gasteiger partial charge in [-0.15, -0.1) is 0 Å². The maximum Gasteiger partial charge on any atom is 0.228 e. The maximum absolute atomic E-state index is 6.88. The predicted octanol–water partition coefficient (Wildman–Crippen LogP) is 8.84. The van der Waals surface area contributed by atoms with Gasteiger partial charge in [-0.1, -0.05) is 64.3 Å². The van der Waals surface area contributed by atoms with E-state index < -0.39 is 0 Å². The number of hydrogen-bond donors (Lipinski definition) is 0. The largest absolute Gasteiger partial charge is 0.455 e. The Hall–Kier alpha value is -2.87. The summed E-state index contributed by atoms with van der Waals surface area (Å²) in [4.78, 5) is 0. The van der Waals surface area contributed by atoms with Gasteiger partial charge in [0.25, 0.3) is 0 Å². The van der Waals surface area contributed by atoms with E-state index in [1.165, 1.54) is 87.2 Å². The average Bonchev–Trinajstić information content (AvgIpc) is 2.83. The van der Waals surface area contributed by atoms with Crippen LogP contribution in [0, 0.1) is 19.3 Å². The fourth-order valence-corrected chi connectivity index (χ4v) is 6.63. The minimum Gasteiger partial charge on any atom is -0.455 e. The number of ether oxygens (including phenoxy) is 1. The van der Waals surface area contributed by atoms with E-state index in [2.05, 4.69) is 88.8 Å². The van der Waals surface area contributed by atoms with Gasteiger partial charge in [-0.2, -0.15) is 0 Å². The van der Waals surface area contributed by atoms with Crippen molar-refractivity contribution in [2.75, 3.05) is 0 Å². The van der Waals surface area contributed by atoms with Crippen LogP contribution >= 0.6 is 0 Å². The number of pyridine rings is 1. The second kappa shape index (κ2) is 8.08. The van der Waals surface area contributed by atoms with Crippen LogP contribution in [0.15, 0.2) is 42.6 Å². The molecular formula is C33H38NO+. The lowest BCUT2D eigenvalue weighted by atomic mass is 9.82. The van der Waals surface area contributed by atoms with Crippen molar-refractivity contribution in [2.24, 2.45) is 12.5 Å². The Morgan fingerprint density at radius 2 is 1.69 bits per heavy atom. The number of aromatic nitrogens is 1. The molecule has 2 nitrogen and oxygen atoms in total. The Morgan fingerprint density at radius 1 is 0.914 bits per heavy atom. The predicted molar refractivity (Wildman–Crippen MR) is 147 cm³/mol. The molecule has 0 radical (unpaired) electrons. The normalized spacial score (nSPS) is 15.9. The van der Waals surface area contributed by atoms with Crippen molar-refractivity contribution in [3.05, 3.63) is 64.8 Å². The Morgan fingerprint density at radius 3 is 2.43 bits per heavy atom. The third-order valence-electron chi connectivity index (χ3n) is 8.32. The topological polar surface area (TPSA) is 13.1 Å². The van der Waals surface area contributed by atoms with E-state index in [-0.39, 0.29) is 5.41 Å². The smallest absolute Gasteiger partial charge is 0.228 e. The van der Waals surface area contributed by atoms with Crippen molar-refractivity contribution < 1.29 is 9.30 Å². The third-order valence-corrected chi connectivity index (χ3v) is 8.32. The maximum atomic E-state index is 6.88. The van der Waals surface area contributed by atoms with Gasteiger partial charge in [0.05, 0.1) is 10.9 Å². The highest BCUT2D eigenvalue weighted by molar-refractivity contribution is 6.06. The van der Waals surface area contributed by atoms with Crippen LogP contribution in [0.1, 0.15) is 81.0 Å². The Labute approximate surface area is 209 Å². The summed E-state index contributed by atoms with van der Waals surface area (Å²) in [5, 5.41) is 5.22. The number of benzene rings is 3. The van der Waals surface area contributed by atoms with Crippen molar-refractivity contribution in [1.82, 2.24) is 0 Å². The van der Waals surface area contributed by atoms with E-state index >= 15 is 0 Å². The van der Waals surface area contributed by atoms with Crippen LogP contribution in [0.3, 0.4) is 0 Å². The zero-order valence-corrected chi connectivity index (χ0v) is 22.2. The highest BCUT2D eigenvalue weighted by atomic mass is 16.5. The zero-order chi connectivity index (χ0) is 24.5. The molecule has 0 bridgehead atoms. The number of rotatable bonds is 2. The molecule has 0 atom stereocenters. The molecule has 1 aromatic heterocycles. The summed E-state index contributed by atoms with van der Waals surface area (Å²) in [5.41, 5.74) is 8.23. The second-order valence-corrected chi connectivity index (χ2v) is 12.3. The third kappa shape index (κ3) is 3.73. The summed E-state index contributed by atoms with van der Waals surface area (Å²) in [6, 6.07) is 14.1. The standard InChI is InChI=1S/C33H38NO/c1-20-26-13-12-22(19-33(3,4)5)16-27(26)21(2)32-29(20)31-30-24(14-15-34(31)6)17-25(18-28(30)35-32)23-10-8-7-9-11-23/h12-18,23H,7-11,19H2,1-6H3/q+1. The van der Waals surface area contributed by atoms with Gasteiger partial charge in [0.1, 0.15) is 18.5 Å². The van der Waals surface area contributed by atoms with Crippen LogP contribution in [-0.2, 0) is 13.5 Å². The number of nitrogens with zero attached hydrogens (tertiary/aromatic N) is 1. The van der Waals surface area contributed by atoms with Crippen LogP contribution in [0.4, 0.5) is 0 Å². The van der Waals surface area contributed by atoms with Gasteiger partial charge in [0, 0.05) is 11.6 Å². The average molecular weight is 465 g/mol.